The number of aromatic nitrogens is 2. The number of nitrogens with zero attached hydrogens (tertiary/aromatic N) is 2. The fourth-order valence-electron chi connectivity index (χ4n) is 3.03. The van der Waals surface area contributed by atoms with Gasteiger partial charge in [0.15, 0.2) is 0 Å². The van der Waals surface area contributed by atoms with Gasteiger partial charge in [-0.05, 0) is 44.0 Å². The highest BCUT2D eigenvalue weighted by Gasteiger charge is 2.24. The molecule has 5 heteroatoms. The monoisotopic (exact) mass is 291 g/mol. The summed E-state index contributed by atoms with van der Waals surface area (Å²) < 4.78 is 28.0. The van der Waals surface area contributed by atoms with Crippen molar-refractivity contribution in [3.05, 3.63) is 52.9 Å². The van der Waals surface area contributed by atoms with Gasteiger partial charge in [-0.15, -0.1) is 0 Å². The number of hydrogen-bond donors (Lipinski definition) is 1. The molecule has 0 radical (unpaired) electrons. The fraction of sp³-hybridized carbons (Fsp3) is 0.438. The van der Waals surface area contributed by atoms with Gasteiger partial charge in [0.1, 0.15) is 11.6 Å². The number of aromatic amines is 1. The molecular weight excluding hydrogens is 272 g/mol. The van der Waals surface area contributed by atoms with Crippen LogP contribution >= 0.6 is 0 Å². The third-order valence-electron chi connectivity index (χ3n) is 4.23. The summed E-state index contributed by atoms with van der Waals surface area (Å²) in [5.74, 6) is -0.516. The second kappa shape index (κ2) is 5.93. The number of nitrogens with one attached hydrogen (secondary N) is 1. The smallest absolute Gasteiger partial charge is 0.133 e. The molecule has 0 aliphatic carbocycles. The lowest BCUT2D eigenvalue weighted by molar-refractivity contribution is 0.193. The molecule has 1 aliphatic rings. The van der Waals surface area contributed by atoms with Crippen molar-refractivity contribution in [1.82, 2.24) is 15.1 Å². The molecule has 0 saturated carbocycles. The molecular formula is C16H19F2N3. The lowest BCUT2D eigenvalue weighted by atomic mass is 9.94. The summed E-state index contributed by atoms with van der Waals surface area (Å²) in [6, 6.07) is 4.81. The molecule has 1 saturated heterocycles. The zero-order chi connectivity index (χ0) is 14.8. The van der Waals surface area contributed by atoms with Gasteiger partial charge in [0.05, 0.1) is 0 Å². The molecule has 1 aromatic carbocycles. The van der Waals surface area contributed by atoms with Crippen LogP contribution in [0.15, 0.2) is 24.4 Å². The largest absolute Gasteiger partial charge is 0.298 e. The predicted octanol–water partition coefficient (Wildman–Crippen LogP) is 3.38. The normalized spacial score (nSPS) is 19.9. The van der Waals surface area contributed by atoms with Crippen LogP contribution in [0.3, 0.4) is 0 Å². The minimum atomic E-state index is -0.457. The van der Waals surface area contributed by atoms with Gasteiger partial charge in [-0.25, -0.2) is 8.78 Å². The number of rotatable bonds is 3. The van der Waals surface area contributed by atoms with Crippen LogP contribution in [0.1, 0.15) is 35.6 Å². The van der Waals surface area contributed by atoms with E-state index in [1.807, 2.05) is 6.07 Å². The zero-order valence-corrected chi connectivity index (χ0v) is 12.1. The first-order chi connectivity index (χ1) is 10.1. The Hall–Kier alpha value is -1.75. The molecule has 1 aliphatic heterocycles. The number of piperidine rings is 1. The van der Waals surface area contributed by atoms with E-state index >= 15 is 0 Å². The molecule has 1 aromatic heterocycles. The Morgan fingerprint density at radius 2 is 2.19 bits per heavy atom. The van der Waals surface area contributed by atoms with Gasteiger partial charge in [0.2, 0.25) is 0 Å². The maximum Gasteiger partial charge on any atom is 0.133 e. The van der Waals surface area contributed by atoms with E-state index in [1.165, 1.54) is 12.1 Å². The van der Waals surface area contributed by atoms with Crippen molar-refractivity contribution < 1.29 is 8.78 Å². The van der Waals surface area contributed by atoms with E-state index in [-0.39, 0.29) is 5.56 Å². The molecule has 112 valence electrons. The highest BCUT2D eigenvalue weighted by atomic mass is 19.1. The van der Waals surface area contributed by atoms with Gasteiger partial charge in [0.25, 0.3) is 0 Å². The van der Waals surface area contributed by atoms with Crippen molar-refractivity contribution in [2.45, 2.75) is 32.2 Å². The van der Waals surface area contributed by atoms with Gasteiger partial charge < -0.3 is 0 Å². The van der Waals surface area contributed by atoms with Crippen molar-refractivity contribution in [2.75, 3.05) is 13.1 Å². The lowest BCUT2D eigenvalue weighted by Crippen LogP contribution is -2.34. The first kappa shape index (κ1) is 14.2. The lowest BCUT2D eigenvalue weighted by Gasteiger charge is -2.32. The number of halogens is 2. The van der Waals surface area contributed by atoms with Gasteiger partial charge >= 0.3 is 0 Å². The topological polar surface area (TPSA) is 31.9 Å². The molecule has 1 fully saturated rings. The van der Waals surface area contributed by atoms with E-state index < -0.39 is 11.6 Å². The fourth-order valence-corrected chi connectivity index (χ4v) is 3.03. The van der Waals surface area contributed by atoms with Gasteiger partial charge in [0, 0.05) is 36.5 Å². The van der Waals surface area contributed by atoms with Crippen LogP contribution in [-0.4, -0.2) is 28.2 Å². The van der Waals surface area contributed by atoms with Crippen LogP contribution in [0, 0.1) is 18.6 Å². The highest BCUT2D eigenvalue weighted by molar-refractivity contribution is 5.26. The quantitative estimate of drug-likeness (QED) is 0.940. The second-order valence-electron chi connectivity index (χ2n) is 5.74. The first-order valence-corrected chi connectivity index (χ1v) is 7.30. The summed E-state index contributed by atoms with van der Waals surface area (Å²) in [5.41, 5.74) is 1.78. The molecule has 1 N–H and O–H groups in total. The Balaban J connectivity index is 1.75. The molecule has 1 unspecified atom stereocenters. The van der Waals surface area contributed by atoms with Crippen molar-refractivity contribution in [3.63, 3.8) is 0 Å². The van der Waals surface area contributed by atoms with E-state index in [1.54, 1.807) is 13.1 Å². The zero-order valence-electron chi connectivity index (χ0n) is 12.1. The second-order valence-corrected chi connectivity index (χ2v) is 5.74. The Morgan fingerprint density at radius 1 is 1.33 bits per heavy atom. The minimum Gasteiger partial charge on any atom is -0.298 e. The average Bonchev–Trinajstić information content (AvgIpc) is 3.02. The standard InChI is InChI=1S/C16H19F2N3/c1-11-4-5-14(17)13(16(11)18)10-21-8-2-3-12(9-21)15-6-7-19-20-15/h4-7,12H,2-3,8-10H2,1H3,(H,19,20). The molecule has 1 atom stereocenters. The maximum absolute atomic E-state index is 14.1. The van der Waals surface area contributed by atoms with Crippen molar-refractivity contribution in [1.29, 1.82) is 0 Å². The van der Waals surface area contributed by atoms with Crippen LogP contribution in [-0.2, 0) is 6.54 Å². The van der Waals surface area contributed by atoms with E-state index in [2.05, 4.69) is 15.1 Å². The van der Waals surface area contributed by atoms with Crippen molar-refractivity contribution in [2.24, 2.45) is 0 Å². The minimum absolute atomic E-state index is 0.181. The summed E-state index contributed by atoms with van der Waals surface area (Å²) in [7, 11) is 0. The number of benzene rings is 1. The predicted molar refractivity (Wildman–Crippen MR) is 76.9 cm³/mol. The third kappa shape index (κ3) is 2.97. The Morgan fingerprint density at radius 3 is 2.95 bits per heavy atom. The Bertz CT molecular complexity index is 610. The Kier molecular flexibility index (Phi) is 4.01. The first-order valence-electron chi connectivity index (χ1n) is 7.30. The van der Waals surface area contributed by atoms with Crippen LogP contribution in [0.2, 0.25) is 0 Å². The Labute approximate surface area is 123 Å². The van der Waals surface area contributed by atoms with E-state index in [0.29, 0.717) is 18.0 Å². The van der Waals surface area contributed by atoms with E-state index in [9.17, 15) is 8.78 Å². The number of hydrogen-bond acceptors (Lipinski definition) is 2. The van der Waals surface area contributed by atoms with E-state index in [4.69, 9.17) is 0 Å². The van der Waals surface area contributed by atoms with Gasteiger partial charge in [-0.3, -0.25) is 10.00 Å². The molecule has 0 amide bonds. The van der Waals surface area contributed by atoms with Crippen LogP contribution < -0.4 is 0 Å². The maximum atomic E-state index is 14.1. The average molecular weight is 291 g/mol. The van der Waals surface area contributed by atoms with Gasteiger partial charge in [-0.1, -0.05) is 6.07 Å². The number of H-pyrrole nitrogens is 1. The van der Waals surface area contributed by atoms with Crippen molar-refractivity contribution >= 4 is 0 Å². The van der Waals surface area contributed by atoms with Crippen LogP contribution in [0.4, 0.5) is 8.78 Å². The summed E-state index contributed by atoms with van der Waals surface area (Å²) in [4.78, 5) is 2.12. The number of likely N-dealkylation sites (tertiary alicyclic amines) is 1. The molecule has 2 heterocycles. The highest BCUT2D eigenvalue weighted by Crippen LogP contribution is 2.27. The number of aryl methyl sites for hydroxylation is 1. The summed E-state index contributed by atoms with van der Waals surface area (Å²) in [6.07, 6.45) is 3.85. The van der Waals surface area contributed by atoms with Crippen LogP contribution in [0.5, 0.6) is 0 Å². The van der Waals surface area contributed by atoms with E-state index in [0.717, 1.165) is 31.6 Å². The van der Waals surface area contributed by atoms with Crippen LogP contribution in [0.25, 0.3) is 0 Å². The molecule has 0 spiro atoms. The van der Waals surface area contributed by atoms with Gasteiger partial charge in [-0.2, -0.15) is 5.10 Å². The molecule has 21 heavy (non-hydrogen) atoms. The SMILES string of the molecule is Cc1ccc(F)c(CN2CCCC(c3ccn[nH]3)C2)c1F. The molecule has 2 aromatic rings. The third-order valence-corrected chi connectivity index (χ3v) is 4.23. The van der Waals surface area contributed by atoms with Crippen molar-refractivity contribution in [3.8, 4) is 0 Å². The molecule has 0 bridgehead atoms. The molecule has 3 rings (SSSR count). The summed E-state index contributed by atoms with van der Waals surface area (Å²) in [6.45, 7) is 3.67. The molecule has 3 nitrogen and oxygen atoms in total. The summed E-state index contributed by atoms with van der Waals surface area (Å²) >= 11 is 0. The summed E-state index contributed by atoms with van der Waals surface area (Å²) in [5, 5.41) is 6.98.